The number of aryl methyl sites for hydroxylation is 1. The summed E-state index contributed by atoms with van der Waals surface area (Å²) in [4.78, 5) is 27.9. The van der Waals surface area contributed by atoms with E-state index in [-0.39, 0.29) is 11.9 Å². The van der Waals surface area contributed by atoms with Gasteiger partial charge in [-0.05, 0) is 57.1 Å². The zero-order chi connectivity index (χ0) is 16.6. The molecule has 6 heteroatoms. The summed E-state index contributed by atoms with van der Waals surface area (Å²) < 4.78 is 0. The van der Waals surface area contributed by atoms with Crippen LogP contribution < -0.4 is 11.1 Å². The molecule has 1 aliphatic carbocycles. The lowest BCUT2D eigenvalue weighted by Crippen LogP contribution is -2.46. The number of nitrogens with two attached hydrogens (primary N) is 1. The Kier molecular flexibility index (Phi) is 4.73. The van der Waals surface area contributed by atoms with E-state index >= 15 is 0 Å². The van der Waals surface area contributed by atoms with Crippen molar-refractivity contribution >= 4 is 28.2 Å². The number of primary amides is 1. The number of hydrogen-bond donors (Lipinski definition) is 2. The average molecular weight is 335 g/mol. The number of hydrogen-bond acceptors (Lipinski definition) is 4. The number of nitrogens with zero attached hydrogens (tertiary/aromatic N) is 1. The highest BCUT2D eigenvalue weighted by molar-refractivity contribution is 7.17. The molecule has 23 heavy (non-hydrogen) atoms. The number of thiophene rings is 1. The van der Waals surface area contributed by atoms with Gasteiger partial charge in [0.1, 0.15) is 5.00 Å². The van der Waals surface area contributed by atoms with Gasteiger partial charge in [0.05, 0.1) is 11.6 Å². The summed E-state index contributed by atoms with van der Waals surface area (Å²) in [6.07, 6.45) is 5.30. The molecule has 3 rings (SSSR count). The van der Waals surface area contributed by atoms with Gasteiger partial charge in [0.15, 0.2) is 0 Å². The lowest BCUT2D eigenvalue weighted by molar-refractivity contribution is -0.121. The monoisotopic (exact) mass is 335 g/mol. The van der Waals surface area contributed by atoms with Gasteiger partial charge in [-0.2, -0.15) is 0 Å². The van der Waals surface area contributed by atoms with E-state index in [1.165, 1.54) is 22.6 Å². The third-order valence-corrected chi connectivity index (χ3v) is 6.23. The fraction of sp³-hybridized carbons (Fsp3) is 0.647. The molecule has 5 nitrogen and oxygen atoms in total. The second-order valence-corrected chi connectivity index (χ2v) is 7.94. The minimum absolute atomic E-state index is 0.0403. The summed E-state index contributed by atoms with van der Waals surface area (Å²) in [7, 11) is 0. The first-order valence-corrected chi connectivity index (χ1v) is 9.28. The van der Waals surface area contributed by atoms with Crippen LogP contribution in [0.2, 0.25) is 0 Å². The lowest BCUT2D eigenvalue weighted by atomic mass is 9.99. The molecule has 1 aromatic heterocycles. The molecule has 0 unspecified atom stereocenters. The molecule has 0 bridgehead atoms. The minimum Gasteiger partial charge on any atom is -0.365 e. The van der Waals surface area contributed by atoms with Crippen LogP contribution >= 0.6 is 11.3 Å². The number of nitrogens with one attached hydrogen (secondary N) is 1. The predicted molar refractivity (Wildman–Crippen MR) is 92.9 cm³/mol. The van der Waals surface area contributed by atoms with E-state index in [9.17, 15) is 9.59 Å². The molecule has 0 saturated carbocycles. The van der Waals surface area contributed by atoms with Crippen molar-refractivity contribution in [3.8, 4) is 0 Å². The molecular weight excluding hydrogens is 310 g/mol. The van der Waals surface area contributed by atoms with E-state index in [2.05, 4.69) is 17.1 Å². The van der Waals surface area contributed by atoms with E-state index in [1.54, 1.807) is 0 Å². The van der Waals surface area contributed by atoms with Crippen LogP contribution in [0.4, 0.5) is 5.00 Å². The third kappa shape index (κ3) is 3.28. The zero-order valence-corrected chi connectivity index (χ0v) is 14.7. The molecule has 2 atom stereocenters. The molecule has 1 fully saturated rings. The van der Waals surface area contributed by atoms with Crippen molar-refractivity contribution < 1.29 is 9.59 Å². The van der Waals surface area contributed by atoms with E-state index < -0.39 is 5.91 Å². The van der Waals surface area contributed by atoms with Gasteiger partial charge in [-0.3, -0.25) is 14.5 Å². The highest BCUT2D eigenvalue weighted by Crippen LogP contribution is 2.39. The van der Waals surface area contributed by atoms with Crippen molar-refractivity contribution in [1.82, 2.24) is 4.90 Å². The molecule has 0 spiro atoms. The van der Waals surface area contributed by atoms with E-state index in [4.69, 9.17) is 5.73 Å². The molecule has 0 radical (unpaired) electrons. The molecule has 3 N–H and O–H groups in total. The third-order valence-electron chi connectivity index (χ3n) is 5.02. The average Bonchev–Trinajstić information content (AvgIpc) is 3.06. The first kappa shape index (κ1) is 16.5. The fourth-order valence-electron chi connectivity index (χ4n) is 3.71. The Hall–Kier alpha value is -1.40. The summed E-state index contributed by atoms with van der Waals surface area (Å²) in [6.45, 7) is 6.09. The molecular formula is C17H25N3O2S. The molecule has 1 saturated heterocycles. The number of fused-ring (bicyclic) bond motifs is 1. The van der Waals surface area contributed by atoms with Crippen LogP contribution in [-0.4, -0.2) is 35.8 Å². The highest BCUT2D eigenvalue weighted by Gasteiger charge is 2.29. The van der Waals surface area contributed by atoms with E-state index in [0.717, 1.165) is 44.3 Å². The normalized spacial score (nSPS) is 22.6. The summed E-state index contributed by atoms with van der Waals surface area (Å²) >= 11 is 1.52. The van der Waals surface area contributed by atoms with Crippen molar-refractivity contribution in [2.24, 2.45) is 11.7 Å². The van der Waals surface area contributed by atoms with Gasteiger partial charge in [-0.1, -0.05) is 6.92 Å². The Bertz CT molecular complexity index is 626. The maximum Gasteiger partial charge on any atom is 0.251 e. The van der Waals surface area contributed by atoms with Gasteiger partial charge in [-0.25, -0.2) is 0 Å². The minimum atomic E-state index is -0.432. The summed E-state index contributed by atoms with van der Waals surface area (Å²) in [5.74, 6) is 0.159. The summed E-state index contributed by atoms with van der Waals surface area (Å²) in [5.41, 5.74) is 7.14. The lowest BCUT2D eigenvalue weighted by Gasteiger charge is -2.34. The standard InChI is InChI=1S/C17H25N3O2S/c1-10-5-4-8-20(9-10)11(2)16(22)19-17-14(15(18)21)12-6-3-7-13(12)23-17/h10-11H,3-9H2,1-2H3,(H2,18,21)(H,19,22)/t10-,11-/m0/s1. The van der Waals surface area contributed by atoms with Gasteiger partial charge >= 0.3 is 0 Å². The van der Waals surface area contributed by atoms with Gasteiger partial charge in [0.25, 0.3) is 5.91 Å². The van der Waals surface area contributed by atoms with Crippen LogP contribution in [0.3, 0.4) is 0 Å². The Labute approximate surface area is 141 Å². The molecule has 2 amide bonds. The largest absolute Gasteiger partial charge is 0.365 e. The first-order chi connectivity index (χ1) is 11.0. The molecule has 2 heterocycles. The number of likely N-dealkylation sites (tertiary alicyclic amines) is 1. The fourth-order valence-corrected chi connectivity index (χ4v) is 5.01. The number of anilines is 1. The van der Waals surface area contributed by atoms with Crippen molar-refractivity contribution in [2.75, 3.05) is 18.4 Å². The Morgan fingerprint density at radius 1 is 1.35 bits per heavy atom. The van der Waals surface area contributed by atoms with Crippen molar-refractivity contribution in [1.29, 1.82) is 0 Å². The molecule has 1 aromatic rings. The number of piperidine rings is 1. The van der Waals surface area contributed by atoms with Crippen molar-refractivity contribution in [2.45, 2.75) is 52.0 Å². The van der Waals surface area contributed by atoms with Gasteiger partial charge < -0.3 is 11.1 Å². The smallest absolute Gasteiger partial charge is 0.251 e. The van der Waals surface area contributed by atoms with Crippen LogP contribution in [0.5, 0.6) is 0 Å². The van der Waals surface area contributed by atoms with Crippen LogP contribution in [0, 0.1) is 5.92 Å². The Morgan fingerprint density at radius 2 is 2.13 bits per heavy atom. The van der Waals surface area contributed by atoms with E-state index in [1.807, 2.05) is 6.92 Å². The van der Waals surface area contributed by atoms with Crippen LogP contribution in [0.15, 0.2) is 0 Å². The van der Waals surface area contributed by atoms with Crippen molar-refractivity contribution in [3.05, 3.63) is 16.0 Å². The van der Waals surface area contributed by atoms with Crippen LogP contribution in [0.1, 0.15) is 53.9 Å². The topological polar surface area (TPSA) is 75.4 Å². The second kappa shape index (κ2) is 6.61. The van der Waals surface area contributed by atoms with Gasteiger partial charge in [0, 0.05) is 11.4 Å². The molecule has 0 aromatic carbocycles. The Morgan fingerprint density at radius 3 is 2.83 bits per heavy atom. The number of rotatable bonds is 4. The molecule has 2 aliphatic rings. The predicted octanol–water partition coefficient (Wildman–Crippen LogP) is 2.39. The van der Waals surface area contributed by atoms with Crippen LogP contribution in [0.25, 0.3) is 0 Å². The Balaban J connectivity index is 1.74. The van der Waals surface area contributed by atoms with Crippen molar-refractivity contribution in [3.63, 3.8) is 0 Å². The van der Waals surface area contributed by atoms with Crippen LogP contribution in [-0.2, 0) is 17.6 Å². The SMILES string of the molecule is C[C@H]1CCCN([C@@H](C)C(=O)Nc2sc3c(c2C(N)=O)CCC3)C1. The second-order valence-electron chi connectivity index (χ2n) is 6.83. The number of carbonyl (C=O) groups is 2. The first-order valence-electron chi connectivity index (χ1n) is 8.46. The maximum atomic E-state index is 12.6. The number of amides is 2. The summed E-state index contributed by atoms with van der Waals surface area (Å²) in [5, 5.41) is 3.61. The quantitative estimate of drug-likeness (QED) is 0.887. The molecule has 1 aliphatic heterocycles. The van der Waals surface area contributed by atoms with Gasteiger partial charge in [0.2, 0.25) is 5.91 Å². The molecule has 126 valence electrons. The zero-order valence-electron chi connectivity index (χ0n) is 13.9. The number of carbonyl (C=O) groups excluding carboxylic acids is 2. The highest BCUT2D eigenvalue weighted by atomic mass is 32.1. The summed E-state index contributed by atoms with van der Waals surface area (Å²) in [6, 6.07) is -0.185. The van der Waals surface area contributed by atoms with E-state index in [0.29, 0.717) is 16.5 Å². The maximum absolute atomic E-state index is 12.6. The van der Waals surface area contributed by atoms with Gasteiger partial charge in [-0.15, -0.1) is 11.3 Å².